The van der Waals surface area contributed by atoms with E-state index >= 15 is 0 Å². The van der Waals surface area contributed by atoms with Gasteiger partial charge in [0.1, 0.15) is 12.0 Å². The van der Waals surface area contributed by atoms with Crippen LogP contribution in [0.5, 0.6) is 0 Å². The highest BCUT2D eigenvalue weighted by atomic mass is 16.3. The first-order valence-corrected chi connectivity index (χ1v) is 12.3. The number of rotatable bonds is 6. The number of fused-ring (bicyclic) bond motifs is 2. The van der Waals surface area contributed by atoms with Gasteiger partial charge in [-0.05, 0) is 72.6 Å². The van der Waals surface area contributed by atoms with Crippen molar-refractivity contribution in [3.63, 3.8) is 0 Å². The molecular weight excluding hydrogens is 422 g/mol. The maximum Gasteiger partial charge on any atom is 0.141 e. The van der Waals surface area contributed by atoms with Gasteiger partial charge in [-0.2, -0.15) is 0 Å². The molecule has 0 amide bonds. The van der Waals surface area contributed by atoms with Crippen molar-refractivity contribution in [3.8, 4) is 11.3 Å². The van der Waals surface area contributed by atoms with Crippen LogP contribution in [-0.2, 0) is 18.3 Å². The summed E-state index contributed by atoms with van der Waals surface area (Å²) in [4.78, 5) is 14.6. The summed E-state index contributed by atoms with van der Waals surface area (Å²) < 4.78 is 0. The highest BCUT2D eigenvalue weighted by Gasteiger charge is 2.38. The molecule has 4 N–H and O–H groups in total. The first kappa shape index (κ1) is 21.3. The zero-order valence-corrected chi connectivity index (χ0v) is 19.4. The van der Waals surface area contributed by atoms with Crippen molar-refractivity contribution in [1.29, 1.82) is 0 Å². The van der Waals surface area contributed by atoms with Gasteiger partial charge in [-0.25, -0.2) is 9.97 Å². The van der Waals surface area contributed by atoms with Gasteiger partial charge >= 0.3 is 0 Å². The number of nitrogens with one attached hydrogen (secondary N) is 1. The van der Waals surface area contributed by atoms with Crippen molar-refractivity contribution < 1.29 is 5.11 Å². The molecule has 0 radical (unpaired) electrons. The van der Waals surface area contributed by atoms with Gasteiger partial charge in [-0.1, -0.05) is 24.3 Å². The second-order valence-electron chi connectivity index (χ2n) is 9.95. The summed E-state index contributed by atoms with van der Waals surface area (Å²) in [6.07, 6.45) is 7.50. The maximum atomic E-state index is 9.30. The summed E-state index contributed by atoms with van der Waals surface area (Å²) in [5, 5.41) is 10.3. The molecule has 1 aliphatic heterocycles. The number of benzene rings is 2. The summed E-state index contributed by atoms with van der Waals surface area (Å²) in [5.74, 6) is 0.595. The molecule has 34 heavy (non-hydrogen) atoms. The highest BCUT2D eigenvalue weighted by molar-refractivity contribution is 5.90. The lowest BCUT2D eigenvalue weighted by molar-refractivity contribution is 0.263. The van der Waals surface area contributed by atoms with Crippen LogP contribution in [0.25, 0.3) is 22.3 Å². The zero-order valence-electron chi connectivity index (χ0n) is 19.4. The van der Waals surface area contributed by atoms with E-state index in [4.69, 9.17) is 5.73 Å². The smallest absolute Gasteiger partial charge is 0.141 e. The van der Waals surface area contributed by atoms with Crippen LogP contribution in [0, 0.1) is 5.92 Å². The Hall–Kier alpha value is -3.22. The van der Waals surface area contributed by atoms with E-state index in [-0.39, 0.29) is 12.0 Å². The first-order chi connectivity index (χ1) is 16.7. The summed E-state index contributed by atoms with van der Waals surface area (Å²) in [5.41, 5.74) is 14.7. The Balaban J connectivity index is 1.30. The molecule has 6 nitrogen and oxygen atoms in total. The minimum absolute atomic E-state index is 0.105. The van der Waals surface area contributed by atoms with Crippen LogP contribution >= 0.6 is 0 Å². The Labute approximate surface area is 199 Å². The zero-order chi connectivity index (χ0) is 23.1. The van der Waals surface area contributed by atoms with Crippen molar-refractivity contribution in [2.45, 2.75) is 31.1 Å². The van der Waals surface area contributed by atoms with Crippen molar-refractivity contribution in [2.24, 2.45) is 11.7 Å². The predicted molar refractivity (Wildman–Crippen MR) is 136 cm³/mol. The SMILES string of the molecule is NCC1(c2cccc(-c3ncnc4[nH]ccc34)c2)Cc2ccc(N3CCC(CCO)C3)cc2C1. The summed E-state index contributed by atoms with van der Waals surface area (Å²) >= 11 is 0. The van der Waals surface area contributed by atoms with E-state index in [2.05, 4.69) is 62.3 Å². The third-order valence-corrected chi connectivity index (χ3v) is 7.93. The number of aromatic amines is 1. The van der Waals surface area contributed by atoms with Crippen LogP contribution in [0.2, 0.25) is 0 Å². The molecule has 2 aromatic carbocycles. The van der Waals surface area contributed by atoms with Crippen LogP contribution < -0.4 is 10.6 Å². The molecular formula is C28H31N5O. The van der Waals surface area contributed by atoms with Crippen molar-refractivity contribution in [1.82, 2.24) is 15.0 Å². The van der Waals surface area contributed by atoms with E-state index in [9.17, 15) is 5.11 Å². The number of aliphatic hydroxyl groups excluding tert-OH is 1. The van der Waals surface area contributed by atoms with Gasteiger partial charge in [-0.15, -0.1) is 0 Å². The number of H-pyrrole nitrogens is 1. The van der Waals surface area contributed by atoms with Gasteiger partial charge < -0.3 is 20.7 Å². The normalized spacial score (nSPS) is 21.9. The molecule has 2 aromatic heterocycles. The molecule has 2 atom stereocenters. The lowest BCUT2D eigenvalue weighted by atomic mass is 9.77. The molecule has 3 heterocycles. The molecule has 4 aromatic rings. The molecule has 2 aliphatic rings. The molecule has 6 rings (SSSR count). The van der Waals surface area contributed by atoms with E-state index in [1.54, 1.807) is 6.33 Å². The number of aromatic nitrogens is 3. The summed E-state index contributed by atoms with van der Waals surface area (Å²) in [7, 11) is 0. The fraction of sp³-hybridized carbons (Fsp3) is 0.357. The fourth-order valence-corrected chi connectivity index (χ4v) is 5.99. The Morgan fingerprint density at radius 2 is 2.00 bits per heavy atom. The largest absolute Gasteiger partial charge is 0.396 e. The number of aliphatic hydroxyl groups is 1. The van der Waals surface area contributed by atoms with Gasteiger partial charge in [-0.3, -0.25) is 0 Å². The highest BCUT2D eigenvalue weighted by Crippen LogP contribution is 2.42. The fourth-order valence-electron chi connectivity index (χ4n) is 5.99. The van der Waals surface area contributed by atoms with E-state index in [0.717, 1.165) is 61.1 Å². The van der Waals surface area contributed by atoms with Crippen LogP contribution in [0.4, 0.5) is 5.69 Å². The molecule has 174 valence electrons. The molecule has 6 heteroatoms. The van der Waals surface area contributed by atoms with Crippen LogP contribution in [0.15, 0.2) is 61.1 Å². The second-order valence-corrected chi connectivity index (χ2v) is 9.95. The third-order valence-electron chi connectivity index (χ3n) is 7.93. The number of anilines is 1. The van der Waals surface area contributed by atoms with E-state index < -0.39 is 0 Å². The third kappa shape index (κ3) is 3.58. The Morgan fingerprint density at radius 3 is 2.88 bits per heavy atom. The number of hydrogen-bond acceptors (Lipinski definition) is 5. The van der Waals surface area contributed by atoms with Crippen molar-refractivity contribution >= 4 is 16.7 Å². The quantitative estimate of drug-likeness (QED) is 0.413. The monoisotopic (exact) mass is 453 g/mol. The van der Waals surface area contributed by atoms with Crippen molar-refractivity contribution in [2.75, 3.05) is 31.1 Å². The predicted octanol–water partition coefficient (Wildman–Crippen LogP) is 3.83. The standard InChI is InChI=1S/C28H31N5O/c29-17-28(23-3-1-2-20(12-23)26-25-6-9-30-27(25)32-18-31-26)14-21-4-5-24(13-22(21)15-28)33-10-7-19(16-33)8-11-34/h1-6,9,12-13,18-19,34H,7-8,10-11,14-17,29H2,(H,30,31,32). The molecule has 1 aliphatic carbocycles. The van der Waals surface area contributed by atoms with E-state index in [1.807, 2.05) is 12.3 Å². The summed E-state index contributed by atoms with van der Waals surface area (Å²) in [6.45, 7) is 2.99. The van der Waals surface area contributed by atoms with Gasteiger partial charge in [0.2, 0.25) is 0 Å². The van der Waals surface area contributed by atoms with Crippen molar-refractivity contribution in [3.05, 3.63) is 77.7 Å². The van der Waals surface area contributed by atoms with Gasteiger partial charge in [0, 0.05) is 54.5 Å². The molecule has 1 saturated heterocycles. The minimum atomic E-state index is -0.105. The Kier molecular flexibility index (Phi) is 5.35. The average molecular weight is 454 g/mol. The molecule has 2 unspecified atom stereocenters. The van der Waals surface area contributed by atoms with Gasteiger partial charge in [0.15, 0.2) is 0 Å². The van der Waals surface area contributed by atoms with E-state index in [0.29, 0.717) is 12.5 Å². The van der Waals surface area contributed by atoms with Gasteiger partial charge in [0.05, 0.1) is 5.69 Å². The molecule has 0 saturated carbocycles. The average Bonchev–Trinajstić information content (AvgIpc) is 3.62. The topological polar surface area (TPSA) is 91.1 Å². The Morgan fingerprint density at radius 1 is 1.09 bits per heavy atom. The second kappa shape index (κ2) is 8.53. The maximum absolute atomic E-state index is 9.30. The van der Waals surface area contributed by atoms with Gasteiger partial charge in [0.25, 0.3) is 0 Å². The van der Waals surface area contributed by atoms with Crippen LogP contribution in [-0.4, -0.2) is 46.3 Å². The molecule has 0 spiro atoms. The van der Waals surface area contributed by atoms with Crippen LogP contribution in [0.1, 0.15) is 29.5 Å². The number of nitrogens with zero attached hydrogens (tertiary/aromatic N) is 3. The van der Waals surface area contributed by atoms with E-state index in [1.165, 1.54) is 22.4 Å². The number of hydrogen-bond donors (Lipinski definition) is 3. The summed E-state index contributed by atoms with van der Waals surface area (Å²) in [6, 6.07) is 17.7. The first-order valence-electron chi connectivity index (χ1n) is 12.3. The molecule has 0 bridgehead atoms. The Bertz CT molecular complexity index is 1330. The minimum Gasteiger partial charge on any atom is -0.396 e. The molecule has 1 fully saturated rings. The number of nitrogens with two attached hydrogens (primary N) is 1. The lowest BCUT2D eigenvalue weighted by Gasteiger charge is -2.28. The lowest BCUT2D eigenvalue weighted by Crippen LogP contribution is -2.36. The van der Waals surface area contributed by atoms with Crippen LogP contribution in [0.3, 0.4) is 0 Å².